The number of fused-ring (bicyclic) bond motifs is 1. The number of rotatable bonds is 3. The minimum absolute atomic E-state index is 0.487. The van der Waals surface area contributed by atoms with Crippen molar-refractivity contribution in [2.24, 2.45) is 0 Å². The summed E-state index contributed by atoms with van der Waals surface area (Å²) in [6.45, 7) is 1.89. The molecule has 2 fully saturated rings. The van der Waals surface area contributed by atoms with E-state index >= 15 is 0 Å². The monoisotopic (exact) mass is 428 g/mol. The van der Waals surface area contributed by atoms with Gasteiger partial charge in [0.15, 0.2) is 0 Å². The molecule has 1 saturated carbocycles. The number of halogens is 3. The van der Waals surface area contributed by atoms with Gasteiger partial charge in [0.1, 0.15) is 5.82 Å². The van der Waals surface area contributed by atoms with Crippen LogP contribution in [0, 0.1) is 0 Å². The Hall–Kier alpha value is -1.17. The van der Waals surface area contributed by atoms with E-state index in [9.17, 15) is 4.79 Å². The maximum absolute atomic E-state index is 12.2. The maximum Gasteiger partial charge on any atom is 0.276 e. The summed E-state index contributed by atoms with van der Waals surface area (Å²) >= 11 is 17.3. The Bertz CT molecular complexity index is 833. The molecule has 2 N–H and O–H groups in total. The van der Waals surface area contributed by atoms with Gasteiger partial charge in [0.25, 0.3) is 9.70 Å². The topological polar surface area (TPSA) is 61.0 Å². The quantitative estimate of drug-likeness (QED) is 0.632. The molecule has 2 aliphatic rings. The molecule has 1 amide bonds. The van der Waals surface area contributed by atoms with Gasteiger partial charge in [-0.25, -0.2) is 4.98 Å². The Balaban J connectivity index is 1.71. The molecule has 27 heavy (non-hydrogen) atoms. The van der Waals surface area contributed by atoms with Crippen molar-refractivity contribution in [3.8, 4) is 0 Å². The largest absolute Gasteiger partial charge is 0.370 e. The van der Waals surface area contributed by atoms with E-state index in [1.165, 1.54) is 32.1 Å². The van der Waals surface area contributed by atoms with E-state index in [2.05, 4.69) is 15.2 Å². The summed E-state index contributed by atoms with van der Waals surface area (Å²) in [6.07, 6.45) is 8.43. The van der Waals surface area contributed by atoms with Crippen LogP contribution in [0.15, 0.2) is 12.1 Å². The zero-order valence-electron chi connectivity index (χ0n) is 15.0. The number of hydrogen-bond donors (Lipinski definition) is 2. The van der Waals surface area contributed by atoms with E-state index in [1.54, 1.807) is 0 Å². The van der Waals surface area contributed by atoms with Crippen molar-refractivity contribution in [3.63, 3.8) is 0 Å². The lowest BCUT2D eigenvalue weighted by molar-refractivity contribution is -0.115. The van der Waals surface area contributed by atoms with Gasteiger partial charge in [-0.1, -0.05) is 54.1 Å². The van der Waals surface area contributed by atoms with Gasteiger partial charge >= 0.3 is 0 Å². The lowest BCUT2D eigenvalue weighted by atomic mass is 9.89. The van der Waals surface area contributed by atoms with E-state index in [1.807, 2.05) is 12.1 Å². The van der Waals surface area contributed by atoms with Crippen molar-refractivity contribution in [3.05, 3.63) is 18.0 Å². The van der Waals surface area contributed by atoms with Crippen LogP contribution in [-0.2, 0) is 4.79 Å². The van der Waals surface area contributed by atoms with Gasteiger partial charge in [0.2, 0.25) is 0 Å². The average molecular weight is 430 g/mol. The minimum atomic E-state index is -2.00. The fourth-order valence-electron chi connectivity index (χ4n) is 4.15. The number of imidazole rings is 1. The van der Waals surface area contributed by atoms with Crippen molar-refractivity contribution in [2.45, 2.75) is 54.7 Å². The SMILES string of the molecule is O=C(Nc1cc2[nH]c(C3CCCCC3)nc2cc1N1CCCC1)C(Cl)(Cl)Cl. The Labute approximate surface area is 173 Å². The molecule has 0 atom stereocenters. The number of carbonyl (C=O) groups is 1. The molecule has 1 aliphatic heterocycles. The number of aromatic amines is 1. The van der Waals surface area contributed by atoms with Gasteiger partial charge in [-0.05, 0) is 37.8 Å². The van der Waals surface area contributed by atoms with E-state index in [-0.39, 0.29) is 0 Å². The molecule has 4 rings (SSSR count). The number of carbonyl (C=O) groups excluding carboxylic acids is 1. The van der Waals surface area contributed by atoms with Crippen LogP contribution in [0.2, 0.25) is 0 Å². The molecule has 1 aromatic heterocycles. The van der Waals surface area contributed by atoms with Crippen molar-refractivity contribution in [2.75, 3.05) is 23.3 Å². The molecule has 1 aromatic carbocycles. The van der Waals surface area contributed by atoms with Crippen molar-refractivity contribution in [1.82, 2.24) is 9.97 Å². The van der Waals surface area contributed by atoms with Crippen LogP contribution in [0.4, 0.5) is 11.4 Å². The van der Waals surface area contributed by atoms with Crippen molar-refractivity contribution >= 4 is 63.1 Å². The Kier molecular flexibility index (Phi) is 5.45. The average Bonchev–Trinajstić information content (AvgIpc) is 3.30. The fourth-order valence-corrected chi connectivity index (χ4v) is 4.29. The molecular weight excluding hydrogens is 407 g/mol. The Morgan fingerprint density at radius 3 is 2.48 bits per heavy atom. The predicted octanol–water partition coefficient (Wildman–Crippen LogP) is 5.52. The summed E-state index contributed by atoms with van der Waals surface area (Å²) in [4.78, 5) is 22.8. The van der Waals surface area contributed by atoms with Gasteiger partial charge in [0, 0.05) is 19.0 Å². The highest BCUT2D eigenvalue weighted by Crippen LogP contribution is 2.37. The number of hydrogen-bond acceptors (Lipinski definition) is 3. The highest BCUT2D eigenvalue weighted by atomic mass is 35.6. The van der Waals surface area contributed by atoms with Gasteiger partial charge in [-0.3, -0.25) is 4.79 Å². The lowest BCUT2D eigenvalue weighted by Gasteiger charge is -2.22. The lowest BCUT2D eigenvalue weighted by Crippen LogP contribution is -2.28. The van der Waals surface area contributed by atoms with Gasteiger partial charge in [-0.15, -0.1) is 0 Å². The number of nitrogens with zero attached hydrogens (tertiary/aromatic N) is 2. The Morgan fingerprint density at radius 2 is 1.81 bits per heavy atom. The minimum Gasteiger partial charge on any atom is -0.370 e. The molecule has 0 spiro atoms. The van der Waals surface area contributed by atoms with Crippen LogP contribution in [-0.4, -0.2) is 32.8 Å². The molecule has 2 aromatic rings. The molecular formula is C19H23Cl3N4O. The second-order valence-corrected chi connectivity index (χ2v) is 9.77. The zero-order valence-corrected chi connectivity index (χ0v) is 17.3. The third-order valence-electron chi connectivity index (χ3n) is 5.56. The molecule has 146 valence electrons. The third-order valence-corrected chi connectivity index (χ3v) is 6.08. The number of anilines is 2. The summed E-state index contributed by atoms with van der Waals surface area (Å²) in [5.41, 5.74) is 3.41. The number of alkyl halides is 3. The summed E-state index contributed by atoms with van der Waals surface area (Å²) in [5, 5.41) is 2.78. The smallest absolute Gasteiger partial charge is 0.276 e. The van der Waals surface area contributed by atoms with E-state index in [0.717, 1.165) is 48.5 Å². The maximum atomic E-state index is 12.2. The van der Waals surface area contributed by atoms with Crippen LogP contribution in [0.3, 0.4) is 0 Å². The second kappa shape index (κ2) is 7.69. The van der Waals surface area contributed by atoms with Crippen LogP contribution in [0.1, 0.15) is 56.7 Å². The first-order valence-corrected chi connectivity index (χ1v) is 10.7. The van der Waals surface area contributed by atoms with E-state index < -0.39 is 9.70 Å². The first kappa shape index (κ1) is 19.2. The number of benzene rings is 1. The summed E-state index contributed by atoms with van der Waals surface area (Å²) in [5.74, 6) is 0.877. The number of aromatic nitrogens is 2. The fraction of sp³-hybridized carbons (Fsp3) is 0.579. The molecule has 2 heterocycles. The summed E-state index contributed by atoms with van der Waals surface area (Å²) in [6, 6.07) is 3.95. The predicted molar refractivity (Wildman–Crippen MR) is 112 cm³/mol. The van der Waals surface area contributed by atoms with E-state index in [0.29, 0.717) is 11.6 Å². The Morgan fingerprint density at radius 1 is 1.11 bits per heavy atom. The first-order valence-electron chi connectivity index (χ1n) is 9.58. The number of amides is 1. The van der Waals surface area contributed by atoms with Crippen LogP contribution < -0.4 is 10.2 Å². The van der Waals surface area contributed by atoms with Crippen molar-refractivity contribution < 1.29 is 4.79 Å². The first-order chi connectivity index (χ1) is 12.9. The standard InChI is InChI=1S/C19H23Cl3N4O/c20-19(21,22)18(27)25-15-10-13-14(11-16(15)26-8-4-5-9-26)24-17(23-13)12-6-2-1-3-7-12/h10-12H,1-9H2,(H,23,24)(H,25,27). The molecule has 8 heteroatoms. The van der Waals surface area contributed by atoms with Gasteiger partial charge < -0.3 is 15.2 Å². The van der Waals surface area contributed by atoms with Crippen LogP contribution in [0.25, 0.3) is 11.0 Å². The highest BCUT2D eigenvalue weighted by molar-refractivity contribution is 6.76. The van der Waals surface area contributed by atoms with E-state index in [4.69, 9.17) is 39.8 Å². The number of nitrogens with one attached hydrogen (secondary N) is 2. The van der Waals surface area contributed by atoms with Crippen molar-refractivity contribution in [1.29, 1.82) is 0 Å². The highest BCUT2D eigenvalue weighted by Gasteiger charge is 2.32. The molecule has 0 bridgehead atoms. The zero-order chi connectivity index (χ0) is 19.0. The van der Waals surface area contributed by atoms with Gasteiger partial charge in [0.05, 0.1) is 22.4 Å². The molecule has 0 radical (unpaired) electrons. The van der Waals surface area contributed by atoms with Crippen LogP contribution in [0.5, 0.6) is 0 Å². The summed E-state index contributed by atoms with van der Waals surface area (Å²) < 4.78 is -2.00. The molecule has 1 aliphatic carbocycles. The molecule has 0 unspecified atom stereocenters. The van der Waals surface area contributed by atoms with Gasteiger partial charge in [-0.2, -0.15) is 0 Å². The normalized spacial score (nSPS) is 19.0. The third kappa shape index (κ3) is 4.15. The second-order valence-electron chi connectivity index (χ2n) is 7.49. The summed E-state index contributed by atoms with van der Waals surface area (Å²) in [7, 11) is 0. The van der Waals surface area contributed by atoms with Crippen LogP contribution >= 0.6 is 34.8 Å². The molecule has 5 nitrogen and oxygen atoms in total. The molecule has 1 saturated heterocycles. The number of H-pyrrole nitrogens is 1.